The molecular weight excluding hydrogens is 632 g/mol. The van der Waals surface area contributed by atoms with E-state index in [9.17, 15) is 49.8 Å². The van der Waals surface area contributed by atoms with Gasteiger partial charge in [0.2, 0.25) is 23.1 Å². The topological polar surface area (TPSA) is 227 Å². The Morgan fingerprint density at radius 2 is 0.875 bits per heavy atom. The Morgan fingerprint density at radius 1 is 0.500 bits per heavy atom. The predicted octanol–water partition coefficient (Wildman–Crippen LogP) is 3.43. The first-order chi connectivity index (χ1) is 22.8. The quantitative estimate of drug-likeness (QED) is 0.145. The minimum atomic E-state index is -0.919. The molecule has 6 N–H and O–H groups in total. The van der Waals surface area contributed by atoms with E-state index < -0.39 is 91.4 Å². The van der Waals surface area contributed by atoms with Crippen LogP contribution < -0.4 is 18.9 Å². The molecule has 0 radical (unpaired) electrons. The number of carbonyl (C=O) groups is 4. The number of carbonyl (C=O) groups excluding carboxylic acids is 4. The summed E-state index contributed by atoms with van der Waals surface area (Å²) in [4.78, 5) is 53.7. The number of phenolic OH excluding ortho intramolecular Hbond substituents is 6. The smallest absolute Gasteiger partial charge is 0.203 e. The summed E-state index contributed by atoms with van der Waals surface area (Å²) in [6.45, 7) is 1.27. The minimum absolute atomic E-state index is 0.0829. The summed E-state index contributed by atoms with van der Waals surface area (Å²) in [5.41, 5.74) is -2.36. The number of aryl methyl sites for hydroxylation is 1. The van der Waals surface area contributed by atoms with Gasteiger partial charge in [-0.2, -0.15) is 0 Å². The van der Waals surface area contributed by atoms with Crippen LogP contribution in [0.4, 0.5) is 0 Å². The van der Waals surface area contributed by atoms with Crippen LogP contribution in [0, 0.1) is 6.92 Å². The molecule has 6 rings (SSSR count). The summed E-state index contributed by atoms with van der Waals surface area (Å²) in [5.74, 6) is -8.64. The maximum Gasteiger partial charge on any atom is 0.203 e. The molecule has 4 aromatic rings. The molecule has 2 aliphatic rings. The van der Waals surface area contributed by atoms with E-state index in [1.807, 2.05) is 0 Å². The second-order valence-corrected chi connectivity index (χ2v) is 10.9. The maximum atomic E-state index is 13.5. The van der Waals surface area contributed by atoms with Gasteiger partial charge in [0.1, 0.15) is 0 Å². The molecule has 0 saturated heterocycles. The fraction of sp³-hybridized carbons (Fsp3) is 0.176. The Balaban J connectivity index is 1.35. The third-order valence-electron chi connectivity index (χ3n) is 8.36. The molecule has 0 amide bonds. The Hall–Kier alpha value is -6.44. The van der Waals surface area contributed by atoms with Crippen LogP contribution in [0.25, 0.3) is 0 Å². The van der Waals surface area contributed by atoms with E-state index in [4.69, 9.17) is 18.9 Å². The highest BCUT2D eigenvalue weighted by molar-refractivity contribution is 6.32. The first kappa shape index (κ1) is 31.5. The van der Waals surface area contributed by atoms with Crippen molar-refractivity contribution in [1.82, 2.24) is 0 Å². The SMILES string of the molecule is COc1c(O)cc2c(c1O)C(=O)c1c(cc(C)c(OCCc3cc4c(c(O)c3OC)C(=O)c3c(cc(O)c(OC)c3O)C4=O)c1O)C2=O. The highest BCUT2D eigenvalue weighted by atomic mass is 16.5. The summed E-state index contributed by atoms with van der Waals surface area (Å²) in [7, 11) is 3.52. The molecule has 2 aliphatic carbocycles. The highest BCUT2D eigenvalue weighted by Crippen LogP contribution is 2.49. The summed E-state index contributed by atoms with van der Waals surface area (Å²) < 4.78 is 21.1. The molecule has 0 atom stereocenters. The van der Waals surface area contributed by atoms with Crippen molar-refractivity contribution in [2.24, 2.45) is 0 Å². The highest BCUT2D eigenvalue weighted by Gasteiger charge is 2.40. The van der Waals surface area contributed by atoms with Gasteiger partial charge in [-0.1, -0.05) is 0 Å². The molecule has 0 fully saturated rings. The van der Waals surface area contributed by atoms with Gasteiger partial charge >= 0.3 is 0 Å². The van der Waals surface area contributed by atoms with Crippen molar-refractivity contribution < 1.29 is 68.8 Å². The molecule has 0 aromatic heterocycles. The average Bonchev–Trinajstić information content (AvgIpc) is 3.03. The summed E-state index contributed by atoms with van der Waals surface area (Å²) in [6.07, 6.45) is -0.0829. The number of phenols is 6. The van der Waals surface area contributed by atoms with Crippen molar-refractivity contribution in [3.05, 3.63) is 79.9 Å². The number of fused-ring (bicyclic) bond motifs is 4. The molecule has 14 heteroatoms. The van der Waals surface area contributed by atoms with Crippen LogP contribution in [-0.4, -0.2) is 81.7 Å². The lowest BCUT2D eigenvalue weighted by Crippen LogP contribution is -2.23. The van der Waals surface area contributed by atoms with Crippen molar-refractivity contribution in [3.63, 3.8) is 0 Å². The Morgan fingerprint density at radius 3 is 1.31 bits per heavy atom. The van der Waals surface area contributed by atoms with Gasteiger partial charge in [0.15, 0.2) is 57.6 Å². The lowest BCUT2D eigenvalue weighted by molar-refractivity contribution is 0.0972. The van der Waals surface area contributed by atoms with E-state index in [1.54, 1.807) is 0 Å². The van der Waals surface area contributed by atoms with Crippen LogP contribution >= 0.6 is 0 Å². The zero-order valence-electron chi connectivity index (χ0n) is 25.7. The second kappa shape index (κ2) is 11.1. The van der Waals surface area contributed by atoms with Crippen LogP contribution in [0.3, 0.4) is 0 Å². The second-order valence-electron chi connectivity index (χ2n) is 10.9. The number of hydrogen-bond acceptors (Lipinski definition) is 14. The van der Waals surface area contributed by atoms with Gasteiger partial charge in [-0.3, -0.25) is 19.2 Å². The predicted molar refractivity (Wildman–Crippen MR) is 163 cm³/mol. The molecular formula is C34H26O14. The number of hydrogen-bond donors (Lipinski definition) is 6. The van der Waals surface area contributed by atoms with Crippen molar-refractivity contribution >= 4 is 23.1 Å². The van der Waals surface area contributed by atoms with E-state index in [-0.39, 0.29) is 57.9 Å². The Kier molecular flexibility index (Phi) is 7.31. The van der Waals surface area contributed by atoms with E-state index in [0.717, 1.165) is 26.4 Å². The van der Waals surface area contributed by atoms with E-state index >= 15 is 0 Å². The monoisotopic (exact) mass is 658 g/mol. The summed E-state index contributed by atoms with van der Waals surface area (Å²) >= 11 is 0. The molecule has 4 aromatic carbocycles. The number of methoxy groups -OCH3 is 3. The molecule has 0 bridgehead atoms. The first-order valence-electron chi connectivity index (χ1n) is 14.2. The summed E-state index contributed by atoms with van der Waals surface area (Å²) in [5, 5.41) is 63.9. The van der Waals surface area contributed by atoms with Gasteiger partial charge < -0.3 is 49.6 Å². The van der Waals surface area contributed by atoms with Crippen LogP contribution in [-0.2, 0) is 6.42 Å². The minimum Gasteiger partial charge on any atom is -0.504 e. The number of ether oxygens (including phenoxy) is 4. The van der Waals surface area contributed by atoms with Crippen LogP contribution in [0.1, 0.15) is 74.8 Å². The van der Waals surface area contributed by atoms with Crippen LogP contribution in [0.2, 0.25) is 0 Å². The number of ketones is 4. The van der Waals surface area contributed by atoms with Gasteiger partial charge in [-0.05, 0) is 36.8 Å². The molecule has 14 nitrogen and oxygen atoms in total. The molecule has 0 heterocycles. The molecule has 0 spiro atoms. The zero-order chi connectivity index (χ0) is 34.9. The molecule has 0 aliphatic heterocycles. The average molecular weight is 659 g/mol. The van der Waals surface area contributed by atoms with Crippen molar-refractivity contribution in [2.45, 2.75) is 13.3 Å². The zero-order valence-corrected chi connectivity index (χ0v) is 25.7. The lowest BCUT2D eigenvalue weighted by Gasteiger charge is -2.24. The van der Waals surface area contributed by atoms with Gasteiger partial charge in [0.25, 0.3) is 0 Å². The maximum absolute atomic E-state index is 13.5. The van der Waals surface area contributed by atoms with Gasteiger partial charge in [-0.15, -0.1) is 0 Å². The normalized spacial score (nSPS) is 13.0. The summed E-state index contributed by atoms with van der Waals surface area (Å²) in [6, 6.07) is 4.59. The van der Waals surface area contributed by atoms with Crippen LogP contribution in [0.15, 0.2) is 24.3 Å². The number of benzene rings is 4. The van der Waals surface area contributed by atoms with Crippen molar-refractivity contribution in [1.29, 1.82) is 0 Å². The van der Waals surface area contributed by atoms with Gasteiger partial charge in [0.05, 0.1) is 50.2 Å². The third-order valence-corrected chi connectivity index (χ3v) is 8.36. The first-order valence-corrected chi connectivity index (χ1v) is 14.2. The third kappa shape index (κ3) is 4.26. The Labute approximate surface area is 270 Å². The van der Waals surface area contributed by atoms with Gasteiger partial charge in [-0.25, -0.2) is 0 Å². The van der Waals surface area contributed by atoms with E-state index in [1.165, 1.54) is 26.2 Å². The molecule has 0 saturated carbocycles. The van der Waals surface area contributed by atoms with Crippen LogP contribution in [0.5, 0.6) is 57.5 Å². The lowest BCUT2D eigenvalue weighted by atomic mass is 9.81. The molecule has 0 unspecified atom stereocenters. The molecule has 48 heavy (non-hydrogen) atoms. The number of aromatic hydroxyl groups is 6. The fourth-order valence-corrected chi connectivity index (χ4v) is 6.20. The van der Waals surface area contributed by atoms with Gasteiger partial charge in [0, 0.05) is 34.2 Å². The Bertz CT molecular complexity index is 2160. The largest absolute Gasteiger partial charge is 0.504 e. The van der Waals surface area contributed by atoms with Crippen molar-refractivity contribution in [2.75, 3.05) is 27.9 Å². The molecule has 246 valence electrons. The van der Waals surface area contributed by atoms with Crippen molar-refractivity contribution in [3.8, 4) is 57.5 Å². The number of rotatable bonds is 7. The fourth-order valence-electron chi connectivity index (χ4n) is 6.20. The van der Waals surface area contributed by atoms with E-state index in [2.05, 4.69) is 0 Å². The standard InChI is InChI=1S/C34H26O14/c1-11-7-13-19(25(39)21-15(23(13)37)9-17(35)33(46-3)29(21)43)27(41)31(11)48-6-5-12-8-14-20(28(42)32(12)45-2)26(40)22-16(24(14)38)10-18(36)34(47-4)30(22)44/h7-10,35-36,41-44H,5-6H2,1-4H3. The van der Waals surface area contributed by atoms with E-state index in [0.29, 0.717) is 0 Å².